The predicted octanol–water partition coefficient (Wildman–Crippen LogP) is 1.53. The summed E-state index contributed by atoms with van der Waals surface area (Å²) in [4.78, 5) is 9.24. The van der Waals surface area contributed by atoms with E-state index in [4.69, 9.17) is 9.72 Å². The number of aromatic nitrogens is 2. The summed E-state index contributed by atoms with van der Waals surface area (Å²) in [5, 5.41) is 6.86. The fourth-order valence-corrected chi connectivity index (χ4v) is 3.00. The number of nitrogens with zero attached hydrogens (tertiary/aromatic N) is 2. The maximum absolute atomic E-state index is 5.45. The van der Waals surface area contributed by atoms with Crippen LogP contribution >= 0.6 is 0 Å². The second-order valence-corrected chi connectivity index (χ2v) is 5.36. The highest BCUT2D eigenvalue weighted by Crippen LogP contribution is 2.25. The molecule has 0 bridgehead atoms. The van der Waals surface area contributed by atoms with Gasteiger partial charge in [0.05, 0.1) is 12.8 Å². The Hall–Kier alpha value is -1.36. The first-order valence-electron chi connectivity index (χ1n) is 7.28. The molecule has 1 aliphatic heterocycles. The van der Waals surface area contributed by atoms with Crippen LogP contribution in [0.25, 0.3) is 0 Å². The highest BCUT2D eigenvalue weighted by Gasteiger charge is 2.20. The van der Waals surface area contributed by atoms with Crippen molar-refractivity contribution in [3.63, 3.8) is 0 Å². The standard InChI is InChI=1S/C14H22N4O/c1-19-13-11-6-8-15-9-7-12(11)17-14(18-13)16-10-4-2-3-5-10/h10,15H,2-9H2,1H3,(H,16,17,18). The van der Waals surface area contributed by atoms with Gasteiger partial charge in [-0.1, -0.05) is 12.8 Å². The molecule has 1 aromatic heterocycles. The third-order valence-corrected chi connectivity index (χ3v) is 4.03. The molecule has 0 aromatic carbocycles. The fourth-order valence-electron chi connectivity index (χ4n) is 3.00. The first-order valence-corrected chi connectivity index (χ1v) is 7.28. The Kier molecular flexibility index (Phi) is 3.82. The van der Waals surface area contributed by atoms with Crippen molar-refractivity contribution in [2.75, 3.05) is 25.5 Å². The number of ether oxygens (including phenoxy) is 1. The van der Waals surface area contributed by atoms with Gasteiger partial charge in [0.2, 0.25) is 11.8 Å². The smallest absolute Gasteiger partial charge is 0.226 e. The average Bonchev–Trinajstić information content (AvgIpc) is 2.81. The summed E-state index contributed by atoms with van der Waals surface area (Å²) in [6.45, 7) is 1.96. The van der Waals surface area contributed by atoms with E-state index in [-0.39, 0.29) is 0 Å². The van der Waals surface area contributed by atoms with Crippen LogP contribution in [0.3, 0.4) is 0 Å². The van der Waals surface area contributed by atoms with E-state index in [1.54, 1.807) is 7.11 Å². The van der Waals surface area contributed by atoms with Gasteiger partial charge in [-0.15, -0.1) is 0 Å². The summed E-state index contributed by atoms with van der Waals surface area (Å²) >= 11 is 0. The number of hydrogen-bond acceptors (Lipinski definition) is 5. The van der Waals surface area contributed by atoms with Crippen LogP contribution in [0, 0.1) is 0 Å². The second kappa shape index (κ2) is 5.74. The van der Waals surface area contributed by atoms with Gasteiger partial charge in [-0.25, -0.2) is 4.98 Å². The molecule has 1 aromatic rings. The average molecular weight is 262 g/mol. The van der Waals surface area contributed by atoms with Gasteiger partial charge < -0.3 is 15.4 Å². The molecule has 1 aliphatic carbocycles. The molecule has 0 saturated heterocycles. The highest BCUT2D eigenvalue weighted by molar-refractivity contribution is 5.40. The summed E-state index contributed by atoms with van der Waals surface area (Å²) in [7, 11) is 1.69. The van der Waals surface area contributed by atoms with Crippen LogP contribution in [0.15, 0.2) is 0 Å². The number of rotatable bonds is 3. The third kappa shape index (κ3) is 2.81. The van der Waals surface area contributed by atoms with Crippen LogP contribution < -0.4 is 15.4 Å². The Morgan fingerprint density at radius 2 is 1.95 bits per heavy atom. The number of hydrogen-bond donors (Lipinski definition) is 2. The maximum Gasteiger partial charge on any atom is 0.226 e. The molecule has 1 saturated carbocycles. The first-order chi connectivity index (χ1) is 9.36. The summed E-state index contributed by atoms with van der Waals surface area (Å²) in [5.74, 6) is 1.48. The third-order valence-electron chi connectivity index (χ3n) is 4.03. The van der Waals surface area contributed by atoms with E-state index < -0.39 is 0 Å². The van der Waals surface area contributed by atoms with Gasteiger partial charge in [0.1, 0.15) is 0 Å². The van der Waals surface area contributed by atoms with Gasteiger partial charge in [-0.3, -0.25) is 0 Å². The van der Waals surface area contributed by atoms with E-state index >= 15 is 0 Å². The Labute approximate surface area is 114 Å². The molecule has 0 radical (unpaired) electrons. The summed E-state index contributed by atoms with van der Waals surface area (Å²) in [6.07, 6.45) is 6.97. The van der Waals surface area contributed by atoms with Crippen LogP contribution in [0.1, 0.15) is 36.9 Å². The van der Waals surface area contributed by atoms with Crippen molar-refractivity contribution < 1.29 is 4.74 Å². The lowest BCUT2D eigenvalue weighted by atomic mass is 10.1. The predicted molar refractivity (Wildman–Crippen MR) is 74.7 cm³/mol. The summed E-state index contributed by atoms with van der Waals surface area (Å²) in [5.41, 5.74) is 2.31. The van der Waals surface area contributed by atoms with E-state index in [0.29, 0.717) is 6.04 Å². The van der Waals surface area contributed by atoms with Gasteiger partial charge in [-0.05, 0) is 25.8 Å². The molecule has 5 heteroatoms. The van der Waals surface area contributed by atoms with Crippen LogP contribution in [0.4, 0.5) is 5.95 Å². The molecular formula is C14H22N4O. The monoisotopic (exact) mass is 262 g/mol. The van der Waals surface area contributed by atoms with Crippen LogP contribution in [-0.2, 0) is 12.8 Å². The van der Waals surface area contributed by atoms with E-state index in [0.717, 1.165) is 43.5 Å². The lowest BCUT2D eigenvalue weighted by Gasteiger charge is -2.15. The fraction of sp³-hybridized carbons (Fsp3) is 0.714. The summed E-state index contributed by atoms with van der Waals surface area (Å²) < 4.78 is 5.45. The molecule has 2 N–H and O–H groups in total. The zero-order valence-corrected chi connectivity index (χ0v) is 11.5. The number of anilines is 1. The van der Waals surface area contributed by atoms with E-state index in [1.165, 1.54) is 31.2 Å². The molecule has 0 atom stereocenters. The molecule has 104 valence electrons. The largest absolute Gasteiger partial charge is 0.481 e. The zero-order chi connectivity index (χ0) is 13.1. The van der Waals surface area contributed by atoms with Crippen molar-refractivity contribution in [2.45, 2.75) is 44.6 Å². The quantitative estimate of drug-likeness (QED) is 0.865. The molecule has 2 aliphatic rings. The molecule has 19 heavy (non-hydrogen) atoms. The molecule has 0 spiro atoms. The number of fused-ring (bicyclic) bond motifs is 1. The molecular weight excluding hydrogens is 240 g/mol. The Morgan fingerprint density at radius 1 is 1.16 bits per heavy atom. The van der Waals surface area contributed by atoms with Crippen LogP contribution in [-0.4, -0.2) is 36.2 Å². The lowest BCUT2D eigenvalue weighted by molar-refractivity contribution is 0.391. The van der Waals surface area contributed by atoms with Gasteiger partial charge in [0.15, 0.2) is 0 Å². The van der Waals surface area contributed by atoms with Crippen molar-refractivity contribution in [1.82, 2.24) is 15.3 Å². The van der Waals surface area contributed by atoms with Crippen LogP contribution in [0.5, 0.6) is 5.88 Å². The molecule has 2 heterocycles. The van der Waals surface area contributed by atoms with E-state index in [1.807, 2.05) is 0 Å². The minimum atomic E-state index is 0.534. The number of nitrogens with one attached hydrogen (secondary N) is 2. The SMILES string of the molecule is COc1nc(NC2CCCC2)nc2c1CCNCC2. The second-order valence-electron chi connectivity index (χ2n) is 5.36. The molecule has 3 rings (SSSR count). The van der Waals surface area contributed by atoms with Gasteiger partial charge in [-0.2, -0.15) is 4.98 Å². The number of methoxy groups -OCH3 is 1. The molecule has 0 unspecified atom stereocenters. The van der Waals surface area contributed by atoms with E-state index in [9.17, 15) is 0 Å². The zero-order valence-electron chi connectivity index (χ0n) is 11.5. The molecule has 5 nitrogen and oxygen atoms in total. The van der Waals surface area contributed by atoms with Crippen molar-refractivity contribution in [3.8, 4) is 5.88 Å². The maximum atomic E-state index is 5.45. The normalized spacial score (nSPS) is 19.8. The Bertz CT molecular complexity index is 443. The minimum absolute atomic E-state index is 0.534. The Balaban J connectivity index is 1.86. The molecule has 0 amide bonds. The van der Waals surface area contributed by atoms with Gasteiger partial charge >= 0.3 is 0 Å². The van der Waals surface area contributed by atoms with Crippen molar-refractivity contribution in [1.29, 1.82) is 0 Å². The first kappa shape index (κ1) is 12.7. The van der Waals surface area contributed by atoms with Crippen molar-refractivity contribution >= 4 is 5.95 Å². The van der Waals surface area contributed by atoms with Crippen molar-refractivity contribution in [3.05, 3.63) is 11.3 Å². The topological polar surface area (TPSA) is 59.1 Å². The van der Waals surface area contributed by atoms with Crippen molar-refractivity contribution in [2.24, 2.45) is 0 Å². The summed E-state index contributed by atoms with van der Waals surface area (Å²) in [6, 6.07) is 0.534. The van der Waals surface area contributed by atoms with Crippen LogP contribution in [0.2, 0.25) is 0 Å². The van der Waals surface area contributed by atoms with Gasteiger partial charge in [0, 0.05) is 24.6 Å². The Morgan fingerprint density at radius 3 is 2.74 bits per heavy atom. The van der Waals surface area contributed by atoms with Gasteiger partial charge in [0.25, 0.3) is 0 Å². The minimum Gasteiger partial charge on any atom is -0.481 e. The molecule has 1 fully saturated rings. The van der Waals surface area contributed by atoms with E-state index in [2.05, 4.69) is 15.6 Å². The lowest BCUT2D eigenvalue weighted by Crippen LogP contribution is -2.18. The highest BCUT2D eigenvalue weighted by atomic mass is 16.5.